The maximum absolute atomic E-state index is 13.0. The van der Waals surface area contributed by atoms with Crippen molar-refractivity contribution in [2.75, 3.05) is 0 Å². The Labute approximate surface area is 134 Å². The van der Waals surface area contributed by atoms with Crippen LogP contribution in [0.1, 0.15) is 38.3 Å². The molecule has 1 amide bonds. The highest BCUT2D eigenvalue weighted by atomic mass is 19.4. The average molecular weight is 329 g/mol. The third-order valence-corrected chi connectivity index (χ3v) is 2.96. The van der Waals surface area contributed by atoms with Crippen molar-refractivity contribution in [1.29, 1.82) is 0 Å². The summed E-state index contributed by atoms with van der Waals surface area (Å²) in [6.07, 6.45) is -3.15. The van der Waals surface area contributed by atoms with Gasteiger partial charge in [-0.25, -0.2) is 4.79 Å². The molecule has 1 rings (SSSR count). The van der Waals surface area contributed by atoms with Gasteiger partial charge in [0, 0.05) is 6.04 Å². The minimum absolute atomic E-state index is 0.0426. The lowest BCUT2D eigenvalue weighted by molar-refractivity contribution is -0.138. The average Bonchev–Trinajstić information content (AvgIpc) is 2.35. The van der Waals surface area contributed by atoms with Crippen molar-refractivity contribution in [3.8, 4) is 0 Å². The van der Waals surface area contributed by atoms with Gasteiger partial charge in [0.15, 0.2) is 0 Å². The Morgan fingerprint density at radius 3 is 2.43 bits per heavy atom. The molecule has 0 saturated heterocycles. The first kappa shape index (κ1) is 19.1. The summed E-state index contributed by atoms with van der Waals surface area (Å²) in [5.41, 5.74) is -1.24. The van der Waals surface area contributed by atoms with Gasteiger partial charge in [0.25, 0.3) is 0 Å². The van der Waals surface area contributed by atoms with Gasteiger partial charge in [0.2, 0.25) is 0 Å². The molecule has 0 bridgehead atoms. The van der Waals surface area contributed by atoms with Crippen LogP contribution in [0, 0.1) is 0 Å². The fourth-order valence-electron chi connectivity index (χ4n) is 2.11. The molecule has 1 aromatic rings. The SMILES string of the molecule is C=CCC(Cc1ccccc1C(F)(F)F)NC(=O)OC(C)(C)C. The molecule has 128 valence electrons. The number of ether oxygens (including phenoxy) is 1. The lowest BCUT2D eigenvalue weighted by Gasteiger charge is -2.24. The molecule has 0 aromatic heterocycles. The summed E-state index contributed by atoms with van der Waals surface area (Å²) in [5, 5.41) is 2.60. The quantitative estimate of drug-likeness (QED) is 0.794. The molecule has 1 unspecified atom stereocenters. The maximum Gasteiger partial charge on any atom is 0.416 e. The molecule has 3 nitrogen and oxygen atoms in total. The smallest absolute Gasteiger partial charge is 0.416 e. The van der Waals surface area contributed by atoms with Gasteiger partial charge in [-0.3, -0.25) is 0 Å². The van der Waals surface area contributed by atoms with Crippen molar-refractivity contribution in [1.82, 2.24) is 5.32 Å². The molecule has 0 spiro atoms. The third kappa shape index (κ3) is 6.76. The maximum atomic E-state index is 13.0. The fraction of sp³-hybridized carbons (Fsp3) is 0.471. The predicted molar refractivity (Wildman–Crippen MR) is 83.1 cm³/mol. The van der Waals surface area contributed by atoms with E-state index in [4.69, 9.17) is 4.74 Å². The molecule has 0 fully saturated rings. The summed E-state index contributed by atoms with van der Waals surface area (Å²) >= 11 is 0. The van der Waals surface area contributed by atoms with E-state index in [1.807, 2.05) is 0 Å². The zero-order valence-electron chi connectivity index (χ0n) is 13.5. The van der Waals surface area contributed by atoms with Gasteiger partial charge in [0.05, 0.1) is 5.56 Å². The van der Waals surface area contributed by atoms with Crippen LogP contribution in [0.15, 0.2) is 36.9 Å². The summed E-state index contributed by atoms with van der Waals surface area (Å²) in [4.78, 5) is 11.8. The van der Waals surface area contributed by atoms with Crippen LogP contribution in [0.4, 0.5) is 18.0 Å². The molecule has 0 aliphatic carbocycles. The van der Waals surface area contributed by atoms with E-state index in [0.717, 1.165) is 6.07 Å². The molecule has 6 heteroatoms. The molecule has 0 aliphatic heterocycles. The molecule has 0 heterocycles. The minimum atomic E-state index is -4.43. The number of alkyl carbamates (subject to hydrolysis) is 1. The highest BCUT2D eigenvalue weighted by Crippen LogP contribution is 2.32. The van der Waals surface area contributed by atoms with Crippen molar-refractivity contribution in [3.05, 3.63) is 48.0 Å². The largest absolute Gasteiger partial charge is 0.444 e. The summed E-state index contributed by atoms with van der Waals surface area (Å²) in [6, 6.07) is 4.81. The van der Waals surface area contributed by atoms with Crippen molar-refractivity contribution in [3.63, 3.8) is 0 Å². The molecule has 0 saturated carbocycles. The van der Waals surface area contributed by atoms with E-state index in [2.05, 4.69) is 11.9 Å². The Kier molecular flexibility index (Phi) is 6.24. The van der Waals surface area contributed by atoms with E-state index in [0.29, 0.717) is 6.42 Å². The predicted octanol–water partition coefficient (Wildman–Crippen LogP) is 4.72. The first-order valence-electron chi connectivity index (χ1n) is 7.28. The van der Waals surface area contributed by atoms with Crippen LogP contribution in [0.3, 0.4) is 0 Å². The first-order chi connectivity index (χ1) is 10.5. The van der Waals surface area contributed by atoms with Crippen molar-refractivity contribution >= 4 is 6.09 Å². The summed E-state index contributed by atoms with van der Waals surface area (Å²) in [5.74, 6) is 0. The number of hydrogen-bond acceptors (Lipinski definition) is 2. The van der Waals surface area contributed by atoms with Gasteiger partial charge in [-0.1, -0.05) is 24.3 Å². The summed E-state index contributed by atoms with van der Waals surface area (Å²) in [7, 11) is 0. The Hall–Kier alpha value is -1.98. The minimum Gasteiger partial charge on any atom is -0.444 e. The Bertz CT molecular complexity index is 548. The van der Waals surface area contributed by atoms with Crippen molar-refractivity contribution < 1.29 is 22.7 Å². The van der Waals surface area contributed by atoms with Gasteiger partial charge >= 0.3 is 12.3 Å². The van der Waals surface area contributed by atoms with E-state index in [-0.39, 0.29) is 12.0 Å². The number of amides is 1. The van der Waals surface area contributed by atoms with Gasteiger partial charge in [-0.15, -0.1) is 6.58 Å². The van der Waals surface area contributed by atoms with Gasteiger partial charge < -0.3 is 10.1 Å². The number of rotatable bonds is 5. The zero-order chi connectivity index (χ0) is 17.7. The molecular weight excluding hydrogens is 307 g/mol. The van der Waals surface area contributed by atoms with Crippen LogP contribution in [0.2, 0.25) is 0 Å². The fourth-order valence-corrected chi connectivity index (χ4v) is 2.11. The lowest BCUT2D eigenvalue weighted by atomic mass is 9.98. The zero-order valence-corrected chi connectivity index (χ0v) is 13.5. The number of benzene rings is 1. The Morgan fingerprint density at radius 2 is 1.91 bits per heavy atom. The highest BCUT2D eigenvalue weighted by molar-refractivity contribution is 5.68. The third-order valence-electron chi connectivity index (χ3n) is 2.96. The second-order valence-corrected chi connectivity index (χ2v) is 6.23. The van der Waals surface area contributed by atoms with Crippen LogP contribution in [0.25, 0.3) is 0 Å². The molecular formula is C17H22F3NO2. The monoisotopic (exact) mass is 329 g/mol. The van der Waals surface area contributed by atoms with Gasteiger partial charge in [-0.2, -0.15) is 13.2 Å². The Morgan fingerprint density at radius 1 is 1.30 bits per heavy atom. The summed E-state index contributed by atoms with van der Waals surface area (Å²) in [6.45, 7) is 8.73. The Balaban J connectivity index is 2.89. The van der Waals surface area contributed by atoms with Gasteiger partial charge in [-0.05, 0) is 45.2 Å². The molecule has 0 aliphatic rings. The standard InChI is InChI=1S/C17H22F3NO2/c1-5-8-13(21-15(22)23-16(2,3)4)11-12-9-6-7-10-14(12)17(18,19)20/h5-7,9-10,13H,1,8,11H2,2-4H3,(H,21,22). The van der Waals surface area contributed by atoms with Crippen LogP contribution < -0.4 is 5.32 Å². The molecule has 1 atom stereocenters. The first-order valence-corrected chi connectivity index (χ1v) is 7.28. The van der Waals surface area contributed by atoms with E-state index in [9.17, 15) is 18.0 Å². The van der Waals surface area contributed by atoms with Crippen LogP contribution >= 0.6 is 0 Å². The second-order valence-electron chi connectivity index (χ2n) is 6.23. The number of nitrogens with one attached hydrogen (secondary N) is 1. The van der Waals surface area contributed by atoms with E-state index >= 15 is 0 Å². The molecule has 1 aromatic carbocycles. The number of carbonyl (C=O) groups excluding carboxylic acids is 1. The normalized spacial score (nSPS) is 13.3. The van der Waals surface area contributed by atoms with E-state index in [1.165, 1.54) is 12.1 Å². The highest BCUT2D eigenvalue weighted by Gasteiger charge is 2.33. The topological polar surface area (TPSA) is 38.3 Å². The molecule has 0 radical (unpaired) electrons. The van der Waals surface area contributed by atoms with Gasteiger partial charge in [0.1, 0.15) is 5.60 Å². The van der Waals surface area contributed by atoms with E-state index in [1.54, 1.807) is 32.9 Å². The molecule has 23 heavy (non-hydrogen) atoms. The van der Waals surface area contributed by atoms with Crippen LogP contribution in [-0.2, 0) is 17.3 Å². The van der Waals surface area contributed by atoms with Crippen molar-refractivity contribution in [2.45, 2.75) is 51.4 Å². The number of carbonyl (C=O) groups is 1. The van der Waals surface area contributed by atoms with Crippen LogP contribution in [0.5, 0.6) is 0 Å². The summed E-state index contributed by atoms with van der Waals surface area (Å²) < 4.78 is 44.3. The van der Waals surface area contributed by atoms with Crippen LogP contribution in [-0.4, -0.2) is 17.7 Å². The molecule has 1 N–H and O–H groups in total. The van der Waals surface area contributed by atoms with Crippen molar-refractivity contribution in [2.24, 2.45) is 0 Å². The van der Waals surface area contributed by atoms with E-state index < -0.39 is 29.5 Å². The number of alkyl halides is 3. The second kappa shape index (κ2) is 7.53. The lowest BCUT2D eigenvalue weighted by Crippen LogP contribution is -2.40. The number of halogens is 3. The number of hydrogen-bond donors (Lipinski definition) is 1.